The number of rotatable bonds is 3. The maximum Gasteiger partial charge on any atom is 0.125 e. The predicted molar refractivity (Wildman–Crippen MR) is 55.5 cm³/mol. The second kappa shape index (κ2) is 3.62. The van der Waals surface area contributed by atoms with Gasteiger partial charge >= 0.3 is 0 Å². The summed E-state index contributed by atoms with van der Waals surface area (Å²) in [6.07, 6.45) is 2.22. The summed E-state index contributed by atoms with van der Waals surface area (Å²) in [4.78, 5) is 0. The smallest absolute Gasteiger partial charge is 0.125 e. The van der Waals surface area contributed by atoms with E-state index in [-0.39, 0.29) is 0 Å². The van der Waals surface area contributed by atoms with Gasteiger partial charge < -0.3 is 9.84 Å². The van der Waals surface area contributed by atoms with Crippen LogP contribution in [0.1, 0.15) is 37.0 Å². The van der Waals surface area contributed by atoms with Crippen molar-refractivity contribution < 1.29 is 9.84 Å². The van der Waals surface area contributed by atoms with Gasteiger partial charge in [0, 0.05) is 5.56 Å². The molecule has 0 aliphatic heterocycles. The van der Waals surface area contributed by atoms with Crippen LogP contribution < -0.4 is 4.74 Å². The van der Waals surface area contributed by atoms with Gasteiger partial charge in [0.15, 0.2) is 0 Å². The highest BCUT2D eigenvalue weighted by molar-refractivity contribution is 5.38. The third kappa shape index (κ3) is 2.07. The molecule has 0 saturated heterocycles. The molecule has 0 bridgehead atoms. The molecule has 1 saturated carbocycles. The summed E-state index contributed by atoms with van der Waals surface area (Å²) in [5, 5.41) is 9.55. The number of hydrogen-bond donors (Lipinski definition) is 1. The summed E-state index contributed by atoms with van der Waals surface area (Å²) in [6, 6.07) is 5.94. The van der Waals surface area contributed by atoms with E-state index < -0.39 is 6.10 Å². The summed E-state index contributed by atoms with van der Waals surface area (Å²) in [5.41, 5.74) is 2.06. The van der Waals surface area contributed by atoms with Crippen molar-refractivity contribution in [1.82, 2.24) is 0 Å². The Kier molecular flexibility index (Phi) is 2.46. The molecule has 0 amide bonds. The third-order valence-electron chi connectivity index (χ3n) is 2.44. The molecule has 1 aromatic rings. The maximum absolute atomic E-state index is 9.55. The van der Waals surface area contributed by atoms with Gasteiger partial charge in [-0.15, -0.1) is 0 Å². The van der Waals surface area contributed by atoms with E-state index in [2.05, 4.69) is 0 Å². The highest BCUT2D eigenvalue weighted by Crippen LogP contribution is 2.32. The Hall–Kier alpha value is -1.02. The molecular weight excluding hydrogens is 176 g/mol. The fraction of sp³-hybridized carbons (Fsp3) is 0.500. The SMILES string of the molecule is Cc1ccc([C@H](C)O)c(OC2CC2)c1. The lowest BCUT2D eigenvalue weighted by atomic mass is 10.1. The first-order chi connectivity index (χ1) is 6.66. The molecule has 0 spiro atoms. The van der Waals surface area contributed by atoms with Crippen LogP contribution in [-0.2, 0) is 0 Å². The van der Waals surface area contributed by atoms with E-state index in [0.717, 1.165) is 24.2 Å². The van der Waals surface area contributed by atoms with Crippen molar-refractivity contribution in [3.8, 4) is 5.75 Å². The van der Waals surface area contributed by atoms with Crippen LogP contribution >= 0.6 is 0 Å². The van der Waals surface area contributed by atoms with Crippen molar-refractivity contribution in [3.63, 3.8) is 0 Å². The molecule has 0 radical (unpaired) electrons. The van der Waals surface area contributed by atoms with Gasteiger partial charge in [0.1, 0.15) is 5.75 Å². The lowest BCUT2D eigenvalue weighted by Gasteiger charge is -2.13. The molecule has 0 heterocycles. The topological polar surface area (TPSA) is 29.5 Å². The number of aryl methyl sites for hydroxylation is 1. The number of ether oxygens (including phenoxy) is 1. The number of aliphatic hydroxyl groups is 1. The molecule has 1 atom stereocenters. The molecule has 1 fully saturated rings. The van der Waals surface area contributed by atoms with Crippen LogP contribution in [0, 0.1) is 6.92 Å². The summed E-state index contributed by atoms with van der Waals surface area (Å²) in [5.74, 6) is 0.850. The van der Waals surface area contributed by atoms with Crippen LogP contribution in [0.3, 0.4) is 0 Å². The lowest BCUT2D eigenvalue weighted by molar-refractivity contribution is 0.190. The number of benzene rings is 1. The molecule has 1 N–H and O–H groups in total. The first-order valence-electron chi connectivity index (χ1n) is 5.12. The molecule has 0 unspecified atom stereocenters. The van der Waals surface area contributed by atoms with Crippen LogP contribution in [0.15, 0.2) is 18.2 Å². The molecule has 2 rings (SSSR count). The van der Waals surface area contributed by atoms with Gasteiger partial charge in [-0.3, -0.25) is 0 Å². The van der Waals surface area contributed by atoms with Crippen LogP contribution in [0.25, 0.3) is 0 Å². The Morgan fingerprint density at radius 3 is 2.71 bits per heavy atom. The fourth-order valence-electron chi connectivity index (χ4n) is 1.45. The van der Waals surface area contributed by atoms with Gasteiger partial charge in [0.2, 0.25) is 0 Å². The summed E-state index contributed by atoms with van der Waals surface area (Å²) < 4.78 is 5.74. The zero-order valence-corrected chi connectivity index (χ0v) is 8.66. The predicted octanol–water partition coefficient (Wildman–Crippen LogP) is 2.59. The maximum atomic E-state index is 9.55. The number of aliphatic hydroxyl groups excluding tert-OH is 1. The molecule has 2 heteroatoms. The second-order valence-electron chi connectivity index (χ2n) is 4.03. The molecule has 76 valence electrons. The Morgan fingerprint density at radius 2 is 2.14 bits per heavy atom. The van der Waals surface area contributed by atoms with Crippen LogP contribution in [0.5, 0.6) is 5.75 Å². The quantitative estimate of drug-likeness (QED) is 0.797. The van der Waals surface area contributed by atoms with Crippen molar-refractivity contribution in [3.05, 3.63) is 29.3 Å². The largest absolute Gasteiger partial charge is 0.490 e. The minimum Gasteiger partial charge on any atom is -0.490 e. The average Bonchev–Trinajstić information content (AvgIpc) is 2.87. The molecule has 14 heavy (non-hydrogen) atoms. The second-order valence-corrected chi connectivity index (χ2v) is 4.03. The van der Waals surface area contributed by atoms with Gasteiger partial charge in [0.25, 0.3) is 0 Å². The Bertz CT molecular complexity index is 327. The summed E-state index contributed by atoms with van der Waals surface area (Å²) in [7, 11) is 0. The molecular formula is C12H16O2. The minimum absolute atomic E-state index is 0.384. The molecule has 1 aliphatic carbocycles. The van der Waals surface area contributed by atoms with Crippen molar-refractivity contribution in [2.24, 2.45) is 0 Å². The first-order valence-corrected chi connectivity index (χ1v) is 5.12. The summed E-state index contributed by atoms with van der Waals surface area (Å²) in [6.45, 7) is 3.80. The van der Waals surface area contributed by atoms with E-state index in [4.69, 9.17) is 4.74 Å². The molecule has 1 aliphatic rings. The van der Waals surface area contributed by atoms with Crippen LogP contribution in [0.4, 0.5) is 0 Å². The summed E-state index contributed by atoms with van der Waals surface area (Å²) >= 11 is 0. The van der Waals surface area contributed by atoms with E-state index in [1.165, 1.54) is 5.56 Å². The zero-order valence-electron chi connectivity index (χ0n) is 8.66. The average molecular weight is 192 g/mol. The van der Waals surface area contributed by atoms with Crippen LogP contribution in [-0.4, -0.2) is 11.2 Å². The first kappa shape index (κ1) is 9.53. The van der Waals surface area contributed by atoms with Crippen molar-refractivity contribution >= 4 is 0 Å². The van der Waals surface area contributed by atoms with E-state index in [1.807, 2.05) is 25.1 Å². The van der Waals surface area contributed by atoms with Crippen molar-refractivity contribution in [1.29, 1.82) is 0 Å². The minimum atomic E-state index is -0.454. The van der Waals surface area contributed by atoms with Gasteiger partial charge in [-0.2, -0.15) is 0 Å². The molecule has 2 nitrogen and oxygen atoms in total. The van der Waals surface area contributed by atoms with E-state index in [9.17, 15) is 5.11 Å². The highest BCUT2D eigenvalue weighted by atomic mass is 16.5. The van der Waals surface area contributed by atoms with Crippen molar-refractivity contribution in [2.75, 3.05) is 0 Å². The normalized spacial score (nSPS) is 17.9. The van der Waals surface area contributed by atoms with Gasteiger partial charge in [0.05, 0.1) is 12.2 Å². The van der Waals surface area contributed by atoms with E-state index in [0.29, 0.717) is 6.10 Å². The zero-order chi connectivity index (χ0) is 10.1. The van der Waals surface area contributed by atoms with Gasteiger partial charge in [-0.05, 0) is 38.3 Å². The Balaban J connectivity index is 2.27. The number of hydrogen-bond acceptors (Lipinski definition) is 2. The van der Waals surface area contributed by atoms with E-state index >= 15 is 0 Å². The molecule has 1 aromatic carbocycles. The highest BCUT2D eigenvalue weighted by Gasteiger charge is 2.25. The Morgan fingerprint density at radius 1 is 1.43 bits per heavy atom. The third-order valence-corrected chi connectivity index (χ3v) is 2.44. The van der Waals surface area contributed by atoms with Crippen LogP contribution in [0.2, 0.25) is 0 Å². The van der Waals surface area contributed by atoms with Crippen molar-refractivity contribution in [2.45, 2.75) is 38.9 Å². The lowest BCUT2D eigenvalue weighted by Crippen LogP contribution is -2.02. The standard InChI is InChI=1S/C12H16O2/c1-8-3-6-11(9(2)13)12(7-8)14-10-4-5-10/h3,6-7,9-10,13H,4-5H2,1-2H3/t9-/m0/s1. The molecule has 0 aromatic heterocycles. The monoisotopic (exact) mass is 192 g/mol. The fourth-order valence-corrected chi connectivity index (χ4v) is 1.45. The van der Waals surface area contributed by atoms with Gasteiger partial charge in [-0.25, -0.2) is 0 Å². The van der Waals surface area contributed by atoms with E-state index in [1.54, 1.807) is 6.92 Å². The Labute approximate surface area is 84.5 Å². The van der Waals surface area contributed by atoms with Gasteiger partial charge in [-0.1, -0.05) is 12.1 Å².